The van der Waals surface area contributed by atoms with E-state index in [-0.39, 0.29) is 5.75 Å². The van der Waals surface area contributed by atoms with Gasteiger partial charge < -0.3 is 10.4 Å². The molecule has 0 spiro atoms. The summed E-state index contributed by atoms with van der Waals surface area (Å²) in [5.74, 6) is 0.991. The predicted molar refractivity (Wildman–Crippen MR) is 99.5 cm³/mol. The number of phenols is 1. The van der Waals surface area contributed by atoms with Gasteiger partial charge in [0, 0.05) is 24.5 Å². The molecule has 0 aliphatic heterocycles. The summed E-state index contributed by atoms with van der Waals surface area (Å²) in [6, 6.07) is 12.8. The average molecular weight is 380 g/mol. The Balaban J connectivity index is 1.53. The van der Waals surface area contributed by atoms with Crippen molar-refractivity contribution in [2.75, 3.05) is 11.9 Å². The van der Waals surface area contributed by atoms with Gasteiger partial charge in [-0.15, -0.1) is 0 Å². The van der Waals surface area contributed by atoms with Gasteiger partial charge in [0.1, 0.15) is 11.6 Å². The SMILES string of the molecule is Oc1cccc(Cc2nsc(NCCc3ccc(Cl)c(Cl)c3)n2)c1. The van der Waals surface area contributed by atoms with Crippen molar-refractivity contribution in [1.29, 1.82) is 0 Å². The maximum atomic E-state index is 9.49. The summed E-state index contributed by atoms with van der Waals surface area (Å²) in [7, 11) is 0. The van der Waals surface area contributed by atoms with Crippen LogP contribution in [0.1, 0.15) is 17.0 Å². The summed E-state index contributed by atoms with van der Waals surface area (Å²) in [4.78, 5) is 4.47. The Morgan fingerprint density at radius 3 is 2.71 bits per heavy atom. The first kappa shape index (κ1) is 17.0. The molecule has 3 aromatic rings. The molecule has 124 valence electrons. The highest BCUT2D eigenvalue weighted by atomic mass is 35.5. The number of anilines is 1. The van der Waals surface area contributed by atoms with E-state index in [0.717, 1.165) is 35.0 Å². The van der Waals surface area contributed by atoms with Crippen molar-refractivity contribution in [3.8, 4) is 5.75 Å². The smallest absolute Gasteiger partial charge is 0.202 e. The van der Waals surface area contributed by atoms with Gasteiger partial charge in [0.25, 0.3) is 0 Å². The van der Waals surface area contributed by atoms with Gasteiger partial charge in [0.2, 0.25) is 5.13 Å². The van der Waals surface area contributed by atoms with Gasteiger partial charge in [0.05, 0.1) is 10.0 Å². The lowest BCUT2D eigenvalue weighted by Crippen LogP contribution is -2.04. The minimum absolute atomic E-state index is 0.253. The van der Waals surface area contributed by atoms with Gasteiger partial charge in [-0.05, 0) is 41.8 Å². The van der Waals surface area contributed by atoms with E-state index >= 15 is 0 Å². The number of nitrogens with zero attached hydrogens (tertiary/aromatic N) is 2. The first-order valence-corrected chi connectivity index (χ1v) is 8.91. The molecule has 0 radical (unpaired) electrons. The number of aromatic nitrogens is 2. The Morgan fingerprint density at radius 1 is 1.04 bits per heavy atom. The third-order valence-corrected chi connectivity index (χ3v) is 4.86. The van der Waals surface area contributed by atoms with Gasteiger partial charge in [-0.25, -0.2) is 4.98 Å². The molecule has 2 aromatic carbocycles. The number of rotatable bonds is 6. The standard InChI is InChI=1S/C17H15Cl2N3OS/c18-14-5-4-11(9-15(14)19)6-7-20-17-21-16(22-24-17)10-12-2-1-3-13(23)8-12/h1-5,8-9,23H,6-7,10H2,(H,20,21,22). The maximum absolute atomic E-state index is 9.49. The van der Waals surface area contributed by atoms with E-state index in [9.17, 15) is 5.11 Å². The summed E-state index contributed by atoms with van der Waals surface area (Å²) in [5.41, 5.74) is 2.09. The molecule has 0 fully saturated rings. The van der Waals surface area contributed by atoms with Crippen LogP contribution in [0, 0.1) is 0 Å². The van der Waals surface area contributed by atoms with E-state index in [1.165, 1.54) is 11.5 Å². The van der Waals surface area contributed by atoms with Crippen molar-refractivity contribution in [3.63, 3.8) is 0 Å². The predicted octanol–water partition coefficient (Wildman–Crippen LogP) is 4.80. The number of aromatic hydroxyl groups is 1. The van der Waals surface area contributed by atoms with Gasteiger partial charge in [-0.1, -0.05) is 41.4 Å². The summed E-state index contributed by atoms with van der Waals surface area (Å²) in [6.45, 7) is 0.735. The van der Waals surface area contributed by atoms with Gasteiger partial charge in [0.15, 0.2) is 0 Å². The van der Waals surface area contributed by atoms with Crippen LogP contribution in [0.4, 0.5) is 5.13 Å². The van der Waals surface area contributed by atoms with Crippen molar-refractivity contribution in [1.82, 2.24) is 9.36 Å². The second-order valence-electron chi connectivity index (χ2n) is 5.29. The van der Waals surface area contributed by atoms with Crippen LogP contribution < -0.4 is 5.32 Å². The normalized spacial score (nSPS) is 10.8. The minimum Gasteiger partial charge on any atom is -0.508 e. The molecule has 0 amide bonds. The highest BCUT2D eigenvalue weighted by Gasteiger charge is 2.06. The molecule has 0 saturated carbocycles. The van der Waals surface area contributed by atoms with Crippen LogP contribution in [-0.2, 0) is 12.8 Å². The van der Waals surface area contributed by atoms with E-state index in [1.54, 1.807) is 18.2 Å². The van der Waals surface area contributed by atoms with Crippen molar-refractivity contribution in [3.05, 3.63) is 69.5 Å². The zero-order valence-corrected chi connectivity index (χ0v) is 15.0. The summed E-state index contributed by atoms with van der Waals surface area (Å²) in [5, 5.41) is 14.7. The van der Waals surface area contributed by atoms with Crippen LogP contribution in [0.5, 0.6) is 5.75 Å². The van der Waals surface area contributed by atoms with Crippen LogP contribution in [0.15, 0.2) is 42.5 Å². The monoisotopic (exact) mass is 379 g/mol. The molecule has 1 aromatic heterocycles. The highest BCUT2D eigenvalue weighted by molar-refractivity contribution is 7.09. The third kappa shape index (κ3) is 4.60. The molecule has 3 rings (SSSR count). The van der Waals surface area contributed by atoms with Gasteiger partial charge in [-0.2, -0.15) is 4.37 Å². The molecule has 7 heteroatoms. The average Bonchev–Trinajstić information content (AvgIpc) is 2.98. The number of benzene rings is 2. The lowest BCUT2D eigenvalue weighted by atomic mass is 10.1. The van der Waals surface area contributed by atoms with Gasteiger partial charge >= 0.3 is 0 Å². The van der Waals surface area contributed by atoms with E-state index in [4.69, 9.17) is 23.2 Å². The number of nitrogens with one attached hydrogen (secondary N) is 1. The van der Waals surface area contributed by atoms with Crippen LogP contribution in [-0.4, -0.2) is 21.0 Å². The molecule has 0 aliphatic rings. The second kappa shape index (κ2) is 7.83. The highest BCUT2D eigenvalue weighted by Crippen LogP contribution is 2.23. The Labute approximate surface area is 154 Å². The van der Waals surface area contributed by atoms with E-state index in [1.807, 2.05) is 24.3 Å². The summed E-state index contributed by atoms with van der Waals surface area (Å²) < 4.78 is 4.34. The Hall–Kier alpha value is -1.82. The fraction of sp³-hybridized carbons (Fsp3) is 0.176. The quantitative estimate of drug-likeness (QED) is 0.645. The number of phenolic OH excluding ortho intramolecular Hbond substituents is 1. The molecule has 2 N–H and O–H groups in total. The third-order valence-electron chi connectivity index (χ3n) is 3.41. The lowest BCUT2D eigenvalue weighted by Gasteiger charge is -2.04. The maximum Gasteiger partial charge on any atom is 0.202 e. The van der Waals surface area contributed by atoms with Crippen molar-refractivity contribution >= 4 is 39.9 Å². The molecular weight excluding hydrogens is 365 g/mol. The van der Waals surface area contributed by atoms with E-state index in [2.05, 4.69) is 14.7 Å². The molecule has 0 aliphatic carbocycles. The molecule has 0 saturated heterocycles. The van der Waals surface area contributed by atoms with Crippen LogP contribution >= 0.6 is 34.7 Å². The largest absolute Gasteiger partial charge is 0.508 e. The first-order valence-electron chi connectivity index (χ1n) is 7.38. The number of halogens is 2. The summed E-state index contributed by atoms with van der Waals surface area (Å²) in [6.07, 6.45) is 1.41. The van der Waals surface area contributed by atoms with Crippen LogP contribution in [0.3, 0.4) is 0 Å². The van der Waals surface area contributed by atoms with Crippen molar-refractivity contribution in [2.24, 2.45) is 0 Å². The Kier molecular flexibility index (Phi) is 5.56. The lowest BCUT2D eigenvalue weighted by molar-refractivity contribution is 0.474. The number of hydrogen-bond donors (Lipinski definition) is 2. The molecule has 4 nitrogen and oxygen atoms in total. The zero-order valence-electron chi connectivity index (χ0n) is 12.7. The molecule has 24 heavy (non-hydrogen) atoms. The van der Waals surface area contributed by atoms with Crippen molar-refractivity contribution in [2.45, 2.75) is 12.8 Å². The molecule has 0 bridgehead atoms. The Morgan fingerprint density at radius 2 is 1.92 bits per heavy atom. The molecule has 1 heterocycles. The molecule has 0 unspecified atom stereocenters. The Bertz CT molecular complexity index is 838. The van der Waals surface area contributed by atoms with E-state index in [0.29, 0.717) is 16.5 Å². The van der Waals surface area contributed by atoms with Crippen molar-refractivity contribution < 1.29 is 5.11 Å². The number of hydrogen-bond acceptors (Lipinski definition) is 5. The molecular formula is C17H15Cl2N3OS. The minimum atomic E-state index is 0.253. The van der Waals surface area contributed by atoms with Crippen LogP contribution in [0.2, 0.25) is 10.0 Å². The van der Waals surface area contributed by atoms with Gasteiger partial charge in [-0.3, -0.25) is 0 Å². The zero-order chi connectivity index (χ0) is 16.9. The van der Waals surface area contributed by atoms with Crippen LogP contribution in [0.25, 0.3) is 0 Å². The topological polar surface area (TPSA) is 58.0 Å². The fourth-order valence-corrected chi connectivity index (χ4v) is 3.19. The second-order valence-corrected chi connectivity index (χ2v) is 6.85. The molecule has 0 atom stereocenters. The van der Waals surface area contributed by atoms with E-state index < -0.39 is 0 Å². The fourth-order valence-electron chi connectivity index (χ4n) is 2.26. The first-order chi connectivity index (χ1) is 11.6. The summed E-state index contributed by atoms with van der Waals surface area (Å²) >= 11 is 13.3.